The first-order valence-electron chi connectivity index (χ1n) is 8.24. The number of nitrogens with one attached hydrogen (secondary N) is 1. The van der Waals surface area contributed by atoms with Crippen molar-refractivity contribution in [2.75, 3.05) is 14.2 Å². The highest BCUT2D eigenvalue weighted by Gasteiger charge is 2.10. The van der Waals surface area contributed by atoms with E-state index in [9.17, 15) is 4.79 Å². The minimum atomic E-state index is -0.0780. The van der Waals surface area contributed by atoms with Crippen LogP contribution in [0.2, 0.25) is 0 Å². The minimum absolute atomic E-state index is 0.0780. The second kappa shape index (κ2) is 9.48. The van der Waals surface area contributed by atoms with Gasteiger partial charge in [0.2, 0.25) is 5.91 Å². The number of hydrogen-bond donors (Lipinski definition) is 1. The van der Waals surface area contributed by atoms with Crippen LogP contribution in [-0.2, 0) is 23.5 Å². The van der Waals surface area contributed by atoms with Gasteiger partial charge < -0.3 is 19.2 Å². The van der Waals surface area contributed by atoms with Crippen LogP contribution < -0.4 is 14.8 Å². The molecule has 0 fully saturated rings. The van der Waals surface area contributed by atoms with Gasteiger partial charge in [-0.05, 0) is 29.8 Å². The van der Waals surface area contributed by atoms with Crippen LogP contribution in [0, 0.1) is 0 Å². The Bertz CT molecular complexity index is 855. The van der Waals surface area contributed by atoms with Gasteiger partial charge in [0, 0.05) is 17.2 Å². The van der Waals surface area contributed by atoms with E-state index in [-0.39, 0.29) is 12.3 Å². The SMILES string of the molecule is COc1cc(CSc2nc(CC(=O)NCc3ccco3)cs2)cc(OC)c1. The van der Waals surface area contributed by atoms with Crippen LogP contribution >= 0.6 is 23.1 Å². The monoisotopic (exact) mass is 404 g/mol. The smallest absolute Gasteiger partial charge is 0.226 e. The molecule has 142 valence electrons. The number of nitrogens with zero attached hydrogens (tertiary/aromatic N) is 1. The molecule has 2 aromatic heterocycles. The summed E-state index contributed by atoms with van der Waals surface area (Å²) in [5, 5.41) is 4.74. The van der Waals surface area contributed by atoms with Crippen molar-refractivity contribution in [1.29, 1.82) is 0 Å². The Morgan fingerprint density at radius 2 is 2.04 bits per heavy atom. The first-order chi connectivity index (χ1) is 13.2. The maximum Gasteiger partial charge on any atom is 0.226 e. The molecule has 1 N–H and O–H groups in total. The zero-order valence-electron chi connectivity index (χ0n) is 15.1. The number of amides is 1. The van der Waals surface area contributed by atoms with Crippen molar-refractivity contribution in [3.63, 3.8) is 0 Å². The Balaban J connectivity index is 1.51. The molecule has 0 bridgehead atoms. The van der Waals surface area contributed by atoms with Gasteiger partial charge in [0.25, 0.3) is 0 Å². The normalized spacial score (nSPS) is 10.6. The van der Waals surface area contributed by atoms with E-state index in [0.29, 0.717) is 6.54 Å². The average molecular weight is 405 g/mol. The summed E-state index contributed by atoms with van der Waals surface area (Å²) in [4.78, 5) is 16.5. The Labute approximate surface area is 165 Å². The van der Waals surface area contributed by atoms with Crippen LogP contribution in [0.4, 0.5) is 0 Å². The average Bonchev–Trinajstić information content (AvgIpc) is 3.36. The topological polar surface area (TPSA) is 73.6 Å². The van der Waals surface area contributed by atoms with Gasteiger partial charge >= 0.3 is 0 Å². The van der Waals surface area contributed by atoms with Crippen molar-refractivity contribution in [2.24, 2.45) is 0 Å². The fourth-order valence-corrected chi connectivity index (χ4v) is 4.13. The molecule has 0 radical (unpaired) electrons. The molecule has 6 nitrogen and oxygen atoms in total. The van der Waals surface area contributed by atoms with E-state index in [0.717, 1.165) is 38.6 Å². The molecule has 8 heteroatoms. The van der Waals surface area contributed by atoms with Crippen molar-refractivity contribution in [3.8, 4) is 11.5 Å². The number of carbonyl (C=O) groups is 1. The predicted molar refractivity (Wildman–Crippen MR) is 105 cm³/mol. The fraction of sp³-hybridized carbons (Fsp3) is 0.263. The van der Waals surface area contributed by atoms with E-state index in [1.165, 1.54) is 11.3 Å². The lowest BCUT2D eigenvalue weighted by atomic mass is 10.2. The molecule has 0 aliphatic carbocycles. The zero-order valence-corrected chi connectivity index (χ0v) is 16.7. The fourth-order valence-electron chi connectivity index (χ4n) is 2.36. The van der Waals surface area contributed by atoms with Gasteiger partial charge in [0.15, 0.2) is 0 Å². The molecule has 0 aliphatic rings. The summed E-state index contributed by atoms with van der Waals surface area (Å²) >= 11 is 3.16. The molecule has 2 heterocycles. The van der Waals surface area contributed by atoms with Crippen molar-refractivity contribution >= 4 is 29.0 Å². The van der Waals surface area contributed by atoms with E-state index >= 15 is 0 Å². The molecular formula is C19H20N2O4S2. The van der Waals surface area contributed by atoms with E-state index in [4.69, 9.17) is 13.9 Å². The number of carbonyl (C=O) groups excluding carboxylic acids is 1. The standard InChI is InChI=1S/C19H20N2O4S2/c1-23-16-6-13(7-17(9-16)24-2)11-26-19-21-14(12-27-19)8-18(22)20-10-15-4-3-5-25-15/h3-7,9,12H,8,10-11H2,1-2H3,(H,20,22). The summed E-state index contributed by atoms with van der Waals surface area (Å²) in [6.45, 7) is 0.384. The van der Waals surface area contributed by atoms with Crippen molar-refractivity contribution in [3.05, 3.63) is 59.0 Å². The third-order valence-electron chi connectivity index (χ3n) is 3.69. The van der Waals surface area contributed by atoms with Gasteiger partial charge in [-0.2, -0.15) is 0 Å². The largest absolute Gasteiger partial charge is 0.497 e. The van der Waals surface area contributed by atoms with Gasteiger partial charge in [-0.1, -0.05) is 11.8 Å². The third-order valence-corrected chi connectivity index (χ3v) is 5.83. The molecule has 0 atom stereocenters. The van der Waals surface area contributed by atoms with Gasteiger partial charge in [-0.3, -0.25) is 4.79 Å². The van der Waals surface area contributed by atoms with Crippen molar-refractivity contribution in [2.45, 2.75) is 23.1 Å². The van der Waals surface area contributed by atoms with E-state index < -0.39 is 0 Å². The first-order valence-corrected chi connectivity index (χ1v) is 10.1. The number of thioether (sulfide) groups is 1. The van der Waals surface area contributed by atoms with E-state index in [1.807, 2.05) is 29.6 Å². The van der Waals surface area contributed by atoms with Gasteiger partial charge in [0.05, 0.1) is 39.1 Å². The van der Waals surface area contributed by atoms with Crippen LogP contribution in [0.3, 0.4) is 0 Å². The second-order valence-electron chi connectivity index (χ2n) is 5.65. The van der Waals surface area contributed by atoms with Crippen LogP contribution in [-0.4, -0.2) is 25.1 Å². The van der Waals surface area contributed by atoms with E-state index in [1.54, 1.807) is 38.3 Å². The first kappa shape index (κ1) is 19.3. The van der Waals surface area contributed by atoms with E-state index in [2.05, 4.69) is 10.3 Å². The molecule has 0 spiro atoms. The molecule has 3 rings (SSSR count). The number of furan rings is 1. The molecule has 3 aromatic rings. The van der Waals surface area contributed by atoms with Crippen LogP contribution in [0.15, 0.2) is 50.7 Å². The molecule has 1 amide bonds. The molecule has 27 heavy (non-hydrogen) atoms. The van der Waals surface area contributed by atoms with Gasteiger partial charge in [-0.25, -0.2) is 4.98 Å². The minimum Gasteiger partial charge on any atom is -0.497 e. The lowest BCUT2D eigenvalue weighted by molar-refractivity contribution is -0.120. The maximum atomic E-state index is 12.0. The quantitative estimate of drug-likeness (QED) is 0.545. The molecule has 1 aromatic carbocycles. The third kappa shape index (κ3) is 5.77. The predicted octanol–water partition coefficient (Wildman–Crippen LogP) is 3.90. The lowest BCUT2D eigenvalue weighted by Crippen LogP contribution is -2.24. The number of methoxy groups -OCH3 is 2. The number of benzene rings is 1. The number of ether oxygens (including phenoxy) is 2. The molecule has 0 saturated heterocycles. The number of rotatable bonds is 9. The Kier molecular flexibility index (Phi) is 6.78. The van der Waals surface area contributed by atoms with Gasteiger partial charge in [0.1, 0.15) is 21.6 Å². The molecule has 0 unspecified atom stereocenters. The van der Waals surface area contributed by atoms with Crippen molar-refractivity contribution < 1.29 is 18.7 Å². The summed E-state index contributed by atoms with van der Waals surface area (Å²) < 4.78 is 16.7. The number of aromatic nitrogens is 1. The highest BCUT2D eigenvalue weighted by atomic mass is 32.2. The lowest BCUT2D eigenvalue weighted by Gasteiger charge is -2.07. The van der Waals surface area contributed by atoms with Crippen LogP contribution in [0.25, 0.3) is 0 Å². The maximum absolute atomic E-state index is 12.0. The van der Waals surface area contributed by atoms with Crippen LogP contribution in [0.5, 0.6) is 11.5 Å². The Morgan fingerprint density at radius 3 is 2.70 bits per heavy atom. The number of hydrogen-bond acceptors (Lipinski definition) is 7. The van der Waals surface area contributed by atoms with Crippen molar-refractivity contribution in [1.82, 2.24) is 10.3 Å². The molecular weight excluding hydrogens is 384 g/mol. The number of thiazole rings is 1. The zero-order chi connectivity index (χ0) is 19.1. The highest BCUT2D eigenvalue weighted by molar-refractivity contribution is 8.00. The van der Waals surface area contributed by atoms with Gasteiger partial charge in [-0.15, -0.1) is 11.3 Å². The summed E-state index contributed by atoms with van der Waals surface area (Å²) in [6.07, 6.45) is 1.84. The highest BCUT2D eigenvalue weighted by Crippen LogP contribution is 2.30. The summed E-state index contributed by atoms with van der Waals surface area (Å²) in [5.41, 5.74) is 1.85. The Hall–Kier alpha value is -2.45. The second-order valence-corrected chi connectivity index (χ2v) is 7.73. The van der Waals surface area contributed by atoms with Crippen LogP contribution in [0.1, 0.15) is 17.0 Å². The molecule has 0 aliphatic heterocycles. The summed E-state index contributed by atoms with van der Waals surface area (Å²) in [5.74, 6) is 2.92. The summed E-state index contributed by atoms with van der Waals surface area (Å²) in [7, 11) is 3.27. The molecule has 0 saturated carbocycles. The summed E-state index contributed by atoms with van der Waals surface area (Å²) in [6, 6.07) is 9.42. The Morgan fingerprint density at radius 1 is 1.26 bits per heavy atom.